The van der Waals surface area contributed by atoms with Crippen LogP contribution in [0.3, 0.4) is 0 Å². The van der Waals surface area contributed by atoms with Crippen molar-refractivity contribution in [3.8, 4) is 0 Å². The molecule has 0 aromatic carbocycles. The van der Waals surface area contributed by atoms with E-state index in [1.807, 2.05) is 6.20 Å². The zero-order chi connectivity index (χ0) is 12.3. The monoisotopic (exact) mass is 232 g/mol. The van der Waals surface area contributed by atoms with Crippen LogP contribution >= 0.6 is 0 Å². The smallest absolute Gasteiger partial charge is 0.0544 e. The Labute approximate surface area is 105 Å². The van der Waals surface area contributed by atoms with Crippen LogP contribution < -0.4 is 0 Å². The molecule has 2 rings (SSSR count). The van der Waals surface area contributed by atoms with Crippen molar-refractivity contribution >= 4 is 0 Å². The molecule has 2 heterocycles. The fourth-order valence-electron chi connectivity index (χ4n) is 2.53. The Morgan fingerprint density at radius 1 is 1.41 bits per heavy atom. The van der Waals surface area contributed by atoms with Crippen molar-refractivity contribution in [3.05, 3.63) is 29.6 Å². The lowest BCUT2D eigenvalue weighted by Gasteiger charge is -2.30. The van der Waals surface area contributed by atoms with Crippen LogP contribution in [0.15, 0.2) is 18.3 Å². The van der Waals surface area contributed by atoms with Gasteiger partial charge in [-0.25, -0.2) is 0 Å². The number of pyridine rings is 1. The molecule has 0 amide bonds. The molecule has 0 aliphatic carbocycles. The average molecular weight is 232 g/mol. The zero-order valence-corrected chi connectivity index (χ0v) is 11.3. The first kappa shape index (κ1) is 12.6. The van der Waals surface area contributed by atoms with Gasteiger partial charge in [-0.05, 0) is 42.9 Å². The number of piperidine rings is 1. The van der Waals surface area contributed by atoms with Crippen LogP contribution in [0.25, 0.3) is 0 Å². The summed E-state index contributed by atoms with van der Waals surface area (Å²) < 4.78 is 0. The van der Waals surface area contributed by atoms with E-state index in [-0.39, 0.29) is 0 Å². The van der Waals surface area contributed by atoms with Crippen molar-refractivity contribution in [2.45, 2.75) is 46.1 Å². The summed E-state index contributed by atoms with van der Waals surface area (Å²) in [5.41, 5.74) is 2.55. The lowest BCUT2D eigenvalue weighted by Crippen LogP contribution is -2.33. The van der Waals surface area contributed by atoms with Gasteiger partial charge in [0.25, 0.3) is 0 Å². The topological polar surface area (TPSA) is 16.1 Å². The minimum absolute atomic E-state index is 0.576. The molecule has 1 fully saturated rings. The van der Waals surface area contributed by atoms with Crippen molar-refractivity contribution in [3.63, 3.8) is 0 Å². The van der Waals surface area contributed by atoms with E-state index in [1.165, 1.54) is 37.2 Å². The average Bonchev–Trinajstić information content (AvgIpc) is 2.29. The zero-order valence-electron chi connectivity index (χ0n) is 11.3. The van der Waals surface area contributed by atoms with Gasteiger partial charge in [-0.1, -0.05) is 26.8 Å². The molecular weight excluding hydrogens is 208 g/mol. The first-order valence-electron chi connectivity index (χ1n) is 6.82. The van der Waals surface area contributed by atoms with E-state index in [1.54, 1.807) is 0 Å². The third-order valence-corrected chi connectivity index (χ3v) is 3.64. The van der Waals surface area contributed by atoms with Crippen molar-refractivity contribution in [1.29, 1.82) is 0 Å². The van der Waals surface area contributed by atoms with E-state index in [0.717, 1.165) is 12.5 Å². The van der Waals surface area contributed by atoms with Gasteiger partial charge in [-0.2, -0.15) is 0 Å². The molecule has 1 aromatic rings. The maximum Gasteiger partial charge on any atom is 0.0544 e. The molecule has 1 aliphatic rings. The summed E-state index contributed by atoms with van der Waals surface area (Å²) in [5.74, 6) is 1.42. The number of nitrogens with zero attached hydrogens (tertiary/aromatic N) is 2. The lowest BCUT2D eigenvalue weighted by molar-refractivity contribution is 0.175. The molecule has 0 N–H and O–H groups in total. The summed E-state index contributed by atoms with van der Waals surface area (Å²) >= 11 is 0. The predicted molar refractivity (Wildman–Crippen MR) is 72.0 cm³/mol. The van der Waals surface area contributed by atoms with E-state index in [9.17, 15) is 0 Å². The lowest BCUT2D eigenvalue weighted by atomic mass is 10.00. The highest BCUT2D eigenvalue weighted by atomic mass is 15.1. The van der Waals surface area contributed by atoms with Crippen LogP contribution in [0.1, 0.15) is 50.8 Å². The summed E-state index contributed by atoms with van der Waals surface area (Å²) in [5, 5.41) is 0. The summed E-state index contributed by atoms with van der Waals surface area (Å²) in [4.78, 5) is 7.11. The molecule has 0 spiro atoms. The van der Waals surface area contributed by atoms with E-state index < -0.39 is 0 Å². The van der Waals surface area contributed by atoms with Gasteiger partial charge in [-0.15, -0.1) is 0 Å². The van der Waals surface area contributed by atoms with E-state index in [4.69, 9.17) is 0 Å². The van der Waals surface area contributed by atoms with E-state index in [2.05, 4.69) is 42.8 Å². The maximum atomic E-state index is 4.58. The largest absolute Gasteiger partial charge is 0.297 e. The Balaban J connectivity index is 1.94. The van der Waals surface area contributed by atoms with Crippen LogP contribution in [0.5, 0.6) is 0 Å². The van der Waals surface area contributed by atoms with Gasteiger partial charge in [0.1, 0.15) is 0 Å². The Hall–Kier alpha value is -0.890. The molecule has 2 heteroatoms. The second kappa shape index (κ2) is 5.63. The Morgan fingerprint density at radius 2 is 2.24 bits per heavy atom. The Kier molecular flexibility index (Phi) is 4.16. The second-order valence-corrected chi connectivity index (χ2v) is 5.72. The minimum atomic E-state index is 0.576. The molecule has 0 radical (unpaired) electrons. The first-order chi connectivity index (χ1) is 8.15. The minimum Gasteiger partial charge on any atom is -0.297 e. The standard InChI is InChI=1S/C15H24N2/c1-12(2)14-6-7-15(16-9-14)11-17-8-4-5-13(3)10-17/h6-7,9,12-13H,4-5,8,10-11H2,1-3H3. The molecule has 1 saturated heterocycles. The third-order valence-electron chi connectivity index (χ3n) is 3.64. The fraction of sp³-hybridized carbons (Fsp3) is 0.667. The third kappa shape index (κ3) is 3.53. The number of rotatable bonds is 3. The highest BCUT2D eigenvalue weighted by Crippen LogP contribution is 2.18. The van der Waals surface area contributed by atoms with Crippen molar-refractivity contribution in [2.75, 3.05) is 13.1 Å². The normalized spacial score (nSPS) is 22.0. The van der Waals surface area contributed by atoms with Gasteiger partial charge < -0.3 is 0 Å². The van der Waals surface area contributed by atoms with Crippen molar-refractivity contribution in [2.24, 2.45) is 5.92 Å². The number of aromatic nitrogens is 1. The molecule has 1 aliphatic heterocycles. The molecule has 0 saturated carbocycles. The van der Waals surface area contributed by atoms with Gasteiger partial charge in [0, 0.05) is 19.3 Å². The van der Waals surface area contributed by atoms with Crippen LogP contribution in [-0.2, 0) is 6.54 Å². The Bertz CT molecular complexity index is 342. The van der Waals surface area contributed by atoms with Gasteiger partial charge in [-0.3, -0.25) is 9.88 Å². The highest BCUT2D eigenvalue weighted by molar-refractivity contribution is 5.17. The van der Waals surface area contributed by atoms with Crippen LogP contribution in [0.2, 0.25) is 0 Å². The summed E-state index contributed by atoms with van der Waals surface area (Å²) in [6.45, 7) is 10.3. The second-order valence-electron chi connectivity index (χ2n) is 5.72. The predicted octanol–water partition coefficient (Wildman–Crippen LogP) is 3.44. The highest BCUT2D eigenvalue weighted by Gasteiger charge is 2.16. The molecule has 1 unspecified atom stereocenters. The summed E-state index contributed by atoms with van der Waals surface area (Å²) in [6, 6.07) is 4.41. The molecule has 1 atom stereocenters. The van der Waals surface area contributed by atoms with Crippen LogP contribution in [0.4, 0.5) is 0 Å². The van der Waals surface area contributed by atoms with Gasteiger partial charge in [0.15, 0.2) is 0 Å². The van der Waals surface area contributed by atoms with Crippen LogP contribution in [-0.4, -0.2) is 23.0 Å². The number of hydrogen-bond acceptors (Lipinski definition) is 2. The van der Waals surface area contributed by atoms with E-state index in [0.29, 0.717) is 5.92 Å². The summed E-state index contributed by atoms with van der Waals surface area (Å²) in [7, 11) is 0. The maximum absolute atomic E-state index is 4.58. The summed E-state index contributed by atoms with van der Waals surface area (Å²) in [6.07, 6.45) is 4.76. The molecular formula is C15H24N2. The van der Waals surface area contributed by atoms with E-state index >= 15 is 0 Å². The fourth-order valence-corrected chi connectivity index (χ4v) is 2.53. The van der Waals surface area contributed by atoms with Gasteiger partial charge in [0.05, 0.1) is 5.69 Å². The Morgan fingerprint density at radius 3 is 2.82 bits per heavy atom. The molecule has 94 valence electrons. The molecule has 1 aromatic heterocycles. The van der Waals surface area contributed by atoms with Crippen molar-refractivity contribution < 1.29 is 0 Å². The quantitative estimate of drug-likeness (QED) is 0.793. The molecule has 0 bridgehead atoms. The van der Waals surface area contributed by atoms with Crippen LogP contribution in [0, 0.1) is 5.92 Å². The van der Waals surface area contributed by atoms with Crippen molar-refractivity contribution in [1.82, 2.24) is 9.88 Å². The number of likely N-dealkylation sites (tertiary alicyclic amines) is 1. The number of hydrogen-bond donors (Lipinski definition) is 0. The molecule has 17 heavy (non-hydrogen) atoms. The van der Waals surface area contributed by atoms with Gasteiger partial charge >= 0.3 is 0 Å². The van der Waals surface area contributed by atoms with Gasteiger partial charge in [0.2, 0.25) is 0 Å². The SMILES string of the molecule is CC1CCCN(Cc2ccc(C(C)C)cn2)C1. The first-order valence-corrected chi connectivity index (χ1v) is 6.82. The molecule has 2 nitrogen and oxygen atoms in total.